The molecule has 0 aliphatic carbocycles. The van der Waals surface area contributed by atoms with Crippen molar-refractivity contribution in [2.75, 3.05) is 36.3 Å². The molecule has 2 aromatic carbocycles. The highest BCUT2D eigenvalue weighted by molar-refractivity contribution is 6.18. The largest absolute Gasteiger partial charge is 0.460 e. The Labute approximate surface area is 260 Å². The minimum atomic E-state index is -0.588. The molecular weight excluding hydrogens is 571 g/mol. The van der Waals surface area contributed by atoms with Gasteiger partial charge in [-0.15, -0.1) is 23.2 Å². The highest BCUT2D eigenvalue weighted by Crippen LogP contribution is 2.24. The number of carbonyl (C=O) groups excluding carboxylic acids is 2. The van der Waals surface area contributed by atoms with Gasteiger partial charge in [0.25, 0.3) is 0 Å². The minimum absolute atomic E-state index is 0.0851. The van der Waals surface area contributed by atoms with E-state index in [0.29, 0.717) is 37.4 Å². The number of alkyl halides is 2. The van der Waals surface area contributed by atoms with Crippen molar-refractivity contribution in [2.24, 2.45) is 13.0 Å². The third-order valence-corrected chi connectivity index (χ3v) is 7.52. The number of nitrogens with one attached hydrogen (secondary N) is 1. The number of nitrogens with zero attached hydrogens (tertiary/aromatic N) is 3. The van der Waals surface area contributed by atoms with Crippen molar-refractivity contribution in [1.82, 2.24) is 14.9 Å². The van der Waals surface area contributed by atoms with Crippen LogP contribution in [0.4, 0.5) is 5.69 Å². The number of carbonyl (C=O) groups is 2. The highest BCUT2D eigenvalue weighted by atomic mass is 35.5. The molecule has 0 amide bonds. The van der Waals surface area contributed by atoms with Crippen LogP contribution in [0.3, 0.4) is 0 Å². The Morgan fingerprint density at radius 1 is 1.05 bits per heavy atom. The number of benzene rings is 2. The molecule has 0 saturated heterocycles. The molecule has 0 spiro atoms. The van der Waals surface area contributed by atoms with Crippen LogP contribution < -0.4 is 10.2 Å². The maximum absolute atomic E-state index is 13.0. The Kier molecular flexibility index (Phi) is 13.6. The van der Waals surface area contributed by atoms with E-state index in [0.717, 1.165) is 55.1 Å². The third-order valence-electron chi connectivity index (χ3n) is 7.18. The van der Waals surface area contributed by atoms with Crippen LogP contribution in [0.2, 0.25) is 0 Å². The molecule has 0 unspecified atom stereocenters. The molecule has 0 aliphatic rings. The van der Waals surface area contributed by atoms with Crippen molar-refractivity contribution in [3.05, 3.63) is 59.9 Å². The van der Waals surface area contributed by atoms with E-state index < -0.39 is 11.5 Å². The summed E-state index contributed by atoms with van der Waals surface area (Å²) in [5.74, 6) is 1.34. The van der Waals surface area contributed by atoms with E-state index in [1.165, 1.54) is 5.56 Å². The summed E-state index contributed by atoms with van der Waals surface area (Å²) in [4.78, 5) is 33.0. The Morgan fingerprint density at radius 3 is 2.43 bits per heavy atom. The van der Waals surface area contributed by atoms with Gasteiger partial charge in [0.05, 0.1) is 17.0 Å². The quantitative estimate of drug-likeness (QED) is 0.0977. The van der Waals surface area contributed by atoms with E-state index in [2.05, 4.69) is 45.1 Å². The summed E-state index contributed by atoms with van der Waals surface area (Å²) in [6, 6.07) is 16.4. The molecule has 0 fully saturated rings. The zero-order valence-electron chi connectivity index (χ0n) is 25.5. The van der Waals surface area contributed by atoms with E-state index in [-0.39, 0.29) is 18.2 Å². The minimum Gasteiger partial charge on any atom is -0.460 e. The second-order valence-corrected chi connectivity index (χ2v) is 12.5. The SMILES string of the molecule is Cn1c(CCCC(=O)C[C@@H](CCCNCc2ccccc2)C(=O)OC(C)(C)C)nc2cc(N(CCCl)CCCl)ccc21. The normalized spacial score (nSPS) is 12.4. The lowest BCUT2D eigenvalue weighted by molar-refractivity contribution is -0.161. The first-order valence-electron chi connectivity index (χ1n) is 14.9. The van der Waals surface area contributed by atoms with Crippen molar-refractivity contribution in [1.29, 1.82) is 0 Å². The van der Waals surface area contributed by atoms with Gasteiger partial charge < -0.3 is 19.5 Å². The van der Waals surface area contributed by atoms with Gasteiger partial charge in [0.15, 0.2) is 0 Å². The van der Waals surface area contributed by atoms with Gasteiger partial charge in [0, 0.05) is 63.4 Å². The standard InChI is InChI=1S/C33H46Cl2N4O3/c1-33(2,3)42-32(41)26(12-9-19-36-24-25-10-6-5-7-11-25)22-28(40)13-8-14-31-37-29-23-27(15-16-30(29)38(31)4)39(20-17-34)21-18-35/h5-7,10-11,15-16,23,26,36H,8-9,12-14,17-22,24H2,1-4H3/t26-/m1/s1. The number of anilines is 1. The number of esters is 1. The fourth-order valence-electron chi connectivity index (χ4n) is 5.04. The van der Waals surface area contributed by atoms with Gasteiger partial charge in [-0.1, -0.05) is 30.3 Å². The van der Waals surface area contributed by atoms with Gasteiger partial charge in [0.1, 0.15) is 17.2 Å². The number of ether oxygens (including phenoxy) is 1. The summed E-state index contributed by atoms with van der Waals surface area (Å²) in [7, 11) is 2.01. The number of aromatic nitrogens is 2. The molecule has 3 rings (SSSR count). The zero-order chi connectivity index (χ0) is 30.5. The molecule has 3 aromatic rings. The van der Waals surface area contributed by atoms with E-state index >= 15 is 0 Å². The van der Waals surface area contributed by atoms with Crippen LogP contribution in [-0.2, 0) is 34.3 Å². The summed E-state index contributed by atoms with van der Waals surface area (Å²) in [6.45, 7) is 8.56. The number of Topliss-reactive ketones (excluding diaryl/α,β-unsaturated/α-hetero) is 1. The number of hydrogen-bond donors (Lipinski definition) is 1. The number of aryl methyl sites for hydroxylation is 2. The van der Waals surface area contributed by atoms with Crippen molar-refractivity contribution in [3.63, 3.8) is 0 Å². The monoisotopic (exact) mass is 616 g/mol. The van der Waals surface area contributed by atoms with Crippen molar-refractivity contribution < 1.29 is 14.3 Å². The molecule has 42 heavy (non-hydrogen) atoms. The molecule has 1 heterocycles. The molecule has 7 nitrogen and oxygen atoms in total. The topological polar surface area (TPSA) is 76.5 Å². The first-order valence-corrected chi connectivity index (χ1v) is 16.0. The van der Waals surface area contributed by atoms with Crippen LogP contribution in [0.5, 0.6) is 0 Å². The highest BCUT2D eigenvalue weighted by Gasteiger charge is 2.27. The fraction of sp³-hybridized carbons (Fsp3) is 0.545. The maximum Gasteiger partial charge on any atom is 0.309 e. The molecule has 1 aromatic heterocycles. The molecule has 0 bridgehead atoms. The lowest BCUT2D eigenvalue weighted by Crippen LogP contribution is -2.30. The van der Waals surface area contributed by atoms with E-state index in [4.69, 9.17) is 32.9 Å². The molecule has 0 saturated carbocycles. The first-order chi connectivity index (χ1) is 20.1. The lowest BCUT2D eigenvalue weighted by atomic mass is 9.94. The smallest absolute Gasteiger partial charge is 0.309 e. The van der Waals surface area contributed by atoms with Gasteiger partial charge in [0.2, 0.25) is 0 Å². The van der Waals surface area contributed by atoms with Crippen LogP contribution in [-0.4, -0.2) is 58.3 Å². The summed E-state index contributed by atoms with van der Waals surface area (Å²) >= 11 is 12.0. The molecule has 1 N–H and O–H groups in total. The van der Waals surface area contributed by atoms with Gasteiger partial charge in [-0.3, -0.25) is 9.59 Å². The Hall–Kier alpha value is -2.61. The molecule has 9 heteroatoms. The van der Waals surface area contributed by atoms with Crippen molar-refractivity contribution in [2.45, 2.75) is 71.4 Å². The van der Waals surface area contributed by atoms with Gasteiger partial charge in [-0.25, -0.2) is 4.98 Å². The molecule has 0 radical (unpaired) electrons. The van der Waals surface area contributed by atoms with Gasteiger partial charge >= 0.3 is 5.97 Å². The maximum atomic E-state index is 13.0. The Balaban J connectivity index is 1.54. The fourth-order valence-corrected chi connectivity index (χ4v) is 5.45. The lowest BCUT2D eigenvalue weighted by Gasteiger charge is -2.24. The van der Waals surface area contributed by atoms with Crippen LogP contribution in [0.1, 0.15) is 64.3 Å². The summed E-state index contributed by atoms with van der Waals surface area (Å²) < 4.78 is 7.75. The molecule has 0 aliphatic heterocycles. The molecular formula is C33H46Cl2N4O3. The first kappa shape index (κ1) is 33.9. The van der Waals surface area contributed by atoms with Gasteiger partial charge in [-0.05, 0) is 70.3 Å². The van der Waals surface area contributed by atoms with Crippen molar-refractivity contribution >= 4 is 51.7 Å². The number of halogens is 2. The second-order valence-electron chi connectivity index (χ2n) is 11.8. The number of imidazole rings is 1. The Morgan fingerprint density at radius 2 is 1.76 bits per heavy atom. The van der Waals surface area contributed by atoms with E-state index in [1.54, 1.807) is 0 Å². The summed E-state index contributed by atoms with van der Waals surface area (Å²) in [6.07, 6.45) is 3.36. The summed E-state index contributed by atoms with van der Waals surface area (Å²) in [5.41, 5.74) is 3.64. The van der Waals surface area contributed by atoms with Crippen LogP contribution in [0.25, 0.3) is 11.0 Å². The van der Waals surface area contributed by atoms with Gasteiger partial charge in [-0.2, -0.15) is 0 Å². The number of hydrogen-bond acceptors (Lipinski definition) is 6. The van der Waals surface area contributed by atoms with Crippen LogP contribution in [0.15, 0.2) is 48.5 Å². The average molecular weight is 618 g/mol. The van der Waals surface area contributed by atoms with E-state index in [1.807, 2.05) is 46.0 Å². The predicted molar refractivity (Wildman–Crippen MR) is 174 cm³/mol. The van der Waals surface area contributed by atoms with Crippen LogP contribution >= 0.6 is 23.2 Å². The average Bonchev–Trinajstić information content (AvgIpc) is 3.26. The zero-order valence-corrected chi connectivity index (χ0v) is 27.0. The summed E-state index contributed by atoms with van der Waals surface area (Å²) in [5, 5.41) is 3.43. The number of fused-ring (bicyclic) bond motifs is 1. The molecule has 1 atom stereocenters. The Bertz CT molecular complexity index is 1270. The third kappa shape index (κ3) is 10.9. The van der Waals surface area contributed by atoms with Crippen molar-refractivity contribution in [3.8, 4) is 0 Å². The molecule has 230 valence electrons. The number of ketones is 1. The number of rotatable bonds is 18. The second kappa shape index (κ2) is 16.9. The predicted octanol–water partition coefficient (Wildman–Crippen LogP) is 6.67. The van der Waals surface area contributed by atoms with E-state index in [9.17, 15) is 9.59 Å². The van der Waals surface area contributed by atoms with Crippen LogP contribution in [0, 0.1) is 5.92 Å².